The second-order valence-electron chi connectivity index (χ2n) is 20.1. The molecule has 4 heteroatoms. The number of benzene rings is 4. The lowest BCUT2D eigenvalue weighted by atomic mass is 10.1. The maximum Gasteiger partial charge on any atom is 0.203 e. The first-order chi connectivity index (χ1) is 35.1. The van der Waals surface area contributed by atoms with Gasteiger partial charge in [-0.2, -0.15) is 0 Å². The molecule has 0 aliphatic carbocycles. The molecule has 0 amide bonds. The molecule has 0 heterocycles. The molecule has 0 saturated heterocycles. The molecule has 0 bridgehead atoms. The smallest absolute Gasteiger partial charge is 0.203 e. The summed E-state index contributed by atoms with van der Waals surface area (Å²) in [6.07, 6.45) is 52.8. The lowest BCUT2D eigenvalue weighted by molar-refractivity contribution is 0.112. The third kappa shape index (κ3) is 27.5. The van der Waals surface area contributed by atoms with Crippen LogP contribution in [-0.4, -0.2) is 26.1 Å². The van der Waals surface area contributed by atoms with Crippen LogP contribution in [0.5, 0.6) is 17.2 Å². The first-order valence-electron chi connectivity index (χ1n) is 29.0. The van der Waals surface area contributed by atoms with Crippen LogP contribution in [-0.2, 0) is 0 Å². The van der Waals surface area contributed by atoms with Gasteiger partial charge in [-0.3, -0.25) is 4.79 Å². The summed E-state index contributed by atoms with van der Waals surface area (Å²) in [5.41, 5.74) is 7.39. The van der Waals surface area contributed by atoms with Gasteiger partial charge in [0.25, 0.3) is 0 Å². The number of unbranched alkanes of at least 4 members (excludes halogenated alkanes) is 27. The third-order valence-electron chi connectivity index (χ3n) is 13.6. The number of carbonyl (C=O) groups is 1. The van der Waals surface area contributed by atoms with Gasteiger partial charge in [0, 0.05) is 5.56 Å². The molecule has 0 spiro atoms. The van der Waals surface area contributed by atoms with E-state index in [4.69, 9.17) is 14.2 Å². The van der Waals surface area contributed by atoms with Gasteiger partial charge >= 0.3 is 0 Å². The zero-order chi connectivity index (χ0) is 50.1. The summed E-state index contributed by atoms with van der Waals surface area (Å²) in [6.45, 7) is 8.92. The van der Waals surface area contributed by atoms with E-state index in [0.717, 1.165) is 76.2 Å². The van der Waals surface area contributed by atoms with Crippen molar-refractivity contribution < 1.29 is 19.0 Å². The van der Waals surface area contributed by atoms with Gasteiger partial charge < -0.3 is 14.2 Å². The predicted molar refractivity (Wildman–Crippen MR) is 310 cm³/mol. The van der Waals surface area contributed by atoms with E-state index in [9.17, 15) is 4.79 Å². The van der Waals surface area contributed by atoms with Gasteiger partial charge in [0.15, 0.2) is 11.5 Å². The fourth-order valence-electron chi connectivity index (χ4n) is 9.06. The van der Waals surface area contributed by atoms with Gasteiger partial charge in [-0.25, -0.2) is 0 Å². The highest BCUT2D eigenvalue weighted by atomic mass is 16.5. The Hall–Kier alpha value is -4.83. The lowest BCUT2D eigenvalue weighted by Gasteiger charge is -2.18. The Morgan fingerprint density at radius 3 is 0.775 bits per heavy atom. The molecule has 388 valence electrons. The Balaban J connectivity index is 1.40. The lowest BCUT2D eigenvalue weighted by Crippen LogP contribution is -2.07. The molecule has 0 saturated carbocycles. The van der Waals surface area contributed by atoms with E-state index in [1.54, 1.807) is 0 Å². The normalized spacial score (nSPS) is 11.6. The molecule has 0 atom stereocenters. The number of hydrogen-bond donors (Lipinski definition) is 0. The van der Waals surface area contributed by atoms with Crippen LogP contribution in [0.15, 0.2) is 84.9 Å². The monoisotopic (exact) mass is 965 g/mol. The molecule has 4 rings (SSSR count). The Morgan fingerprint density at radius 1 is 0.282 bits per heavy atom. The van der Waals surface area contributed by atoms with Gasteiger partial charge in [0.2, 0.25) is 5.75 Å². The van der Waals surface area contributed by atoms with Gasteiger partial charge in [0.05, 0.1) is 19.8 Å². The maximum atomic E-state index is 11.0. The van der Waals surface area contributed by atoms with E-state index >= 15 is 0 Å². The summed E-state index contributed by atoms with van der Waals surface area (Å²) in [5.74, 6) is 2.40. The molecule has 4 aromatic rings. The standard InChI is InChI=1S/C67H96O4/c1-4-7-10-13-16-19-22-25-28-31-52-69-65-55-64(51-48-61-43-40-60(41-44-61)39-36-58-34-37-59(38-35-58)42-45-62-46-49-63(57-68)50-47-62)56-66(70-53-32-29-26-23-20-17-14-11-8-5-2)67(65)71-54-33-30-27-24-21-18-15-12-9-6-3/h34-51,55-57H,4-33,52-54H2,1-3H3/b39-36+,45-42+,51-48+. The topological polar surface area (TPSA) is 44.8 Å². The highest BCUT2D eigenvalue weighted by Crippen LogP contribution is 2.40. The third-order valence-corrected chi connectivity index (χ3v) is 13.6. The molecule has 0 N–H and O–H groups in total. The van der Waals surface area contributed by atoms with Crippen LogP contribution in [0.25, 0.3) is 36.5 Å². The van der Waals surface area contributed by atoms with Crippen LogP contribution in [0.4, 0.5) is 0 Å². The van der Waals surface area contributed by atoms with Crippen molar-refractivity contribution in [3.63, 3.8) is 0 Å². The Bertz CT molecular complexity index is 1960. The average molecular weight is 966 g/mol. The molecule has 0 unspecified atom stereocenters. The summed E-state index contributed by atoms with van der Waals surface area (Å²) in [7, 11) is 0. The number of hydrogen-bond acceptors (Lipinski definition) is 4. The Kier molecular flexibility index (Phi) is 32.9. The minimum absolute atomic E-state index is 0.679. The first kappa shape index (κ1) is 58.7. The number of carbonyl (C=O) groups excluding carboxylic acids is 1. The molecule has 71 heavy (non-hydrogen) atoms. The summed E-state index contributed by atoms with van der Waals surface area (Å²) in [4.78, 5) is 11.0. The quantitative estimate of drug-likeness (QED) is 0.0252. The minimum Gasteiger partial charge on any atom is -0.490 e. The van der Waals surface area contributed by atoms with Crippen molar-refractivity contribution in [3.8, 4) is 17.2 Å². The highest BCUT2D eigenvalue weighted by molar-refractivity contribution is 5.78. The zero-order valence-corrected chi connectivity index (χ0v) is 45.1. The SMILES string of the molecule is CCCCCCCCCCCCOc1cc(/C=C/c2ccc(/C=C/c3ccc(/C=C/c4ccc(C=O)cc4)cc3)cc2)cc(OCCCCCCCCCCCC)c1OCCCCCCCCCCCC. The summed E-state index contributed by atoms with van der Waals surface area (Å²) in [5, 5.41) is 0. The van der Waals surface area contributed by atoms with Gasteiger partial charge in [0.1, 0.15) is 6.29 Å². The van der Waals surface area contributed by atoms with E-state index in [1.807, 2.05) is 24.3 Å². The van der Waals surface area contributed by atoms with Crippen molar-refractivity contribution in [2.75, 3.05) is 19.8 Å². The van der Waals surface area contributed by atoms with Crippen LogP contribution in [0.1, 0.15) is 257 Å². The zero-order valence-electron chi connectivity index (χ0n) is 45.1. The molecule has 0 radical (unpaired) electrons. The number of ether oxygens (including phenoxy) is 3. The van der Waals surface area contributed by atoms with Crippen LogP contribution < -0.4 is 14.2 Å². The molecule has 0 aliphatic rings. The fourth-order valence-corrected chi connectivity index (χ4v) is 9.06. The number of rotatable bonds is 43. The van der Waals surface area contributed by atoms with Crippen molar-refractivity contribution in [2.24, 2.45) is 0 Å². The maximum absolute atomic E-state index is 11.0. The molecular weight excluding hydrogens is 869 g/mol. The summed E-state index contributed by atoms with van der Waals surface area (Å²) < 4.78 is 20.0. The average Bonchev–Trinajstić information content (AvgIpc) is 3.40. The second-order valence-corrected chi connectivity index (χ2v) is 20.1. The van der Waals surface area contributed by atoms with E-state index in [1.165, 1.54) is 173 Å². The van der Waals surface area contributed by atoms with Crippen molar-refractivity contribution in [1.82, 2.24) is 0 Å². The minimum atomic E-state index is 0.679. The molecule has 0 aliphatic heterocycles. The van der Waals surface area contributed by atoms with E-state index in [-0.39, 0.29) is 0 Å². The van der Waals surface area contributed by atoms with Crippen molar-refractivity contribution in [1.29, 1.82) is 0 Å². The molecule has 0 aromatic heterocycles. The molecule has 0 fully saturated rings. The van der Waals surface area contributed by atoms with Crippen LogP contribution in [0.2, 0.25) is 0 Å². The first-order valence-corrected chi connectivity index (χ1v) is 29.0. The molecular formula is C67H96O4. The van der Waals surface area contributed by atoms with Crippen LogP contribution in [0.3, 0.4) is 0 Å². The van der Waals surface area contributed by atoms with E-state index < -0.39 is 0 Å². The van der Waals surface area contributed by atoms with Crippen LogP contribution in [0, 0.1) is 0 Å². The van der Waals surface area contributed by atoms with Gasteiger partial charge in [-0.05, 0) is 64.8 Å². The summed E-state index contributed by atoms with van der Waals surface area (Å²) >= 11 is 0. The van der Waals surface area contributed by atoms with Crippen molar-refractivity contribution >= 4 is 42.7 Å². The van der Waals surface area contributed by atoms with Crippen molar-refractivity contribution in [2.45, 2.75) is 213 Å². The van der Waals surface area contributed by atoms with E-state index in [2.05, 4.69) is 118 Å². The molecule has 4 aromatic carbocycles. The van der Waals surface area contributed by atoms with Crippen molar-refractivity contribution in [3.05, 3.63) is 124 Å². The number of aldehydes is 1. The van der Waals surface area contributed by atoms with E-state index in [0.29, 0.717) is 25.4 Å². The fraction of sp³-hybridized carbons (Fsp3) is 0.537. The molecule has 4 nitrogen and oxygen atoms in total. The Labute approximate surface area is 434 Å². The van der Waals surface area contributed by atoms with Crippen LogP contribution >= 0.6 is 0 Å². The second kappa shape index (κ2) is 39.7. The Morgan fingerprint density at radius 2 is 0.507 bits per heavy atom. The van der Waals surface area contributed by atoms with Gasteiger partial charge in [-0.15, -0.1) is 0 Å². The van der Waals surface area contributed by atoms with Gasteiger partial charge in [-0.1, -0.05) is 303 Å². The highest BCUT2D eigenvalue weighted by Gasteiger charge is 2.16. The predicted octanol–water partition coefficient (Wildman–Crippen LogP) is 20.9. The largest absolute Gasteiger partial charge is 0.490 e. The summed E-state index contributed by atoms with van der Waals surface area (Å²) in [6, 6.07) is 29.2.